The molecule has 3 rings (SSSR count). The van der Waals surface area contributed by atoms with E-state index in [2.05, 4.69) is 4.98 Å². The molecule has 0 radical (unpaired) electrons. The van der Waals surface area contributed by atoms with Gasteiger partial charge in [-0.2, -0.15) is 8.42 Å². The van der Waals surface area contributed by atoms with Gasteiger partial charge in [-0.25, -0.2) is 4.98 Å². The summed E-state index contributed by atoms with van der Waals surface area (Å²) in [7, 11) is -2.85. The maximum absolute atomic E-state index is 11.4. The van der Waals surface area contributed by atoms with Crippen molar-refractivity contribution >= 4 is 21.2 Å². The van der Waals surface area contributed by atoms with Gasteiger partial charge in [0.1, 0.15) is 16.2 Å². The van der Waals surface area contributed by atoms with Gasteiger partial charge in [0.15, 0.2) is 5.58 Å². The maximum Gasteiger partial charge on any atom is 0.296 e. The Hall–Kier alpha value is -2.38. The molecule has 0 amide bonds. The normalized spacial score (nSPS) is 11.7. The van der Waals surface area contributed by atoms with Gasteiger partial charge in [0.25, 0.3) is 10.1 Å². The molecule has 1 heterocycles. The number of ether oxygens (including phenoxy) is 1. The van der Waals surface area contributed by atoms with Crippen LogP contribution < -0.4 is 4.74 Å². The minimum absolute atomic E-state index is 0.0842. The molecule has 21 heavy (non-hydrogen) atoms. The summed E-state index contributed by atoms with van der Waals surface area (Å²) in [6.45, 7) is 0. The van der Waals surface area contributed by atoms with Crippen LogP contribution in [0.15, 0.2) is 51.8 Å². The molecule has 0 unspecified atom stereocenters. The Morgan fingerprint density at radius 2 is 1.90 bits per heavy atom. The lowest BCUT2D eigenvalue weighted by atomic mass is 10.2. The lowest BCUT2D eigenvalue weighted by Gasteiger charge is -2.03. The topological polar surface area (TPSA) is 89.6 Å². The standard InChI is InChI=1S/C14H11NO5S/c1-19-10-6-3-2-5-9(10)14-15-13-11(20-14)7-4-8-12(13)21(16,17)18/h2-8H,1H3,(H,16,17,18). The number of fused-ring (bicyclic) bond motifs is 1. The number of nitrogens with zero attached hydrogens (tertiary/aromatic N) is 1. The van der Waals surface area contributed by atoms with Gasteiger partial charge < -0.3 is 9.15 Å². The molecule has 0 bridgehead atoms. The highest BCUT2D eigenvalue weighted by Crippen LogP contribution is 2.33. The first-order chi connectivity index (χ1) is 10.0. The number of methoxy groups -OCH3 is 1. The predicted octanol–water partition coefficient (Wildman–Crippen LogP) is 2.75. The summed E-state index contributed by atoms with van der Waals surface area (Å²) in [5.74, 6) is 0.774. The summed E-state index contributed by atoms with van der Waals surface area (Å²) < 4.78 is 42.8. The van der Waals surface area contributed by atoms with E-state index in [-0.39, 0.29) is 21.9 Å². The van der Waals surface area contributed by atoms with Crippen molar-refractivity contribution in [2.45, 2.75) is 4.90 Å². The summed E-state index contributed by atoms with van der Waals surface area (Å²) in [4.78, 5) is 3.89. The van der Waals surface area contributed by atoms with Gasteiger partial charge in [-0.3, -0.25) is 4.55 Å². The van der Waals surface area contributed by atoms with Gasteiger partial charge in [0.05, 0.1) is 12.7 Å². The fraction of sp³-hybridized carbons (Fsp3) is 0.0714. The number of hydrogen-bond acceptors (Lipinski definition) is 5. The van der Waals surface area contributed by atoms with Gasteiger partial charge in [-0.1, -0.05) is 18.2 Å². The highest BCUT2D eigenvalue weighted by atomic mass is 32.2. The van der Waals surface area contributed by atoms with Gasteiger partial charge in [0.2, 0.25) is 5.89 Å². The van der Waals surface area contributed by atoms with Crippen molar-refractivity contribution in [1.82, 2.24) is 4.98 Å². The van der Waals surface area contributed by atoms with Crippen LogP contribution in [-0.2, 0) is 10.1 Å². The number of aromatic nitrogens is 1. The first-order valence-electron chi connectivity index (χ1n) is 6.01. The first kappa shape index (κ1) is 13.6. The molecule has 0 spiro atoms. The van der Waals surface area contributed by atoms with Crippen molar-refractivity contribution < 1.29 is 22.1 Å². The Morgan fingerprint density at radius 3 is 2.62 bits per heavy atom. The zero-order chi connectivity index (χ0) is 15.0. The Balaban J connectivity index is 2.27. The molecule has 108 valence electrons. The number of rotatable bonds is 3. The van der Waals surface area contributed by atoms with Crippen LogP contribution in [0.5, 0.6) is 5.75 Å². The molecule has 1 aromatic heterocycles. The summed E-state index contributed by atoms with van der Waals surface area (Å²) in [6.07, 6.45) is 0. The monoisotopic (exact) mass is 305 g/mol. The van der Waals surface area contributed by atoms with E-state index in [0.717, 1.165) is 0 Å². The van der Waals surface area contributed by atoms with Crippen LogP contribution in [0.4, 0.5) is 0 Å². The van der Waals surface area contributed by atoms with Gasteiger partial charge in [-0.05, 0) is 24.3 Å². The molecule has 3 aromatic rings. The average molecular weight is 305 g/mol. The first-order valence-corrected chi connectivity index (χ1v) is 7.45. The zero-order valence-corrected chi connectivity index (χ0v) is 11.8. The van der Waals surface area contributed by atoms with E-state index >= 15 is 0 Å². The van der Waals surface area contributed by atoms with E-state index in [0.29, 0.717) is 11.3 Å². The second-order valence-electron chi connectivity index (χ2n) is 4.30. The van der Waals surface area contributed by atoms with Crippen molar-refractivity contribution in [3.05, 3.63) is 42.5 Å². The molecule has 1 N–H and O–H groups in total. The molecule has 7 heteroatoms. The van der Waals surface area contributed by atoms with Crippen molar-refractivity contribution in [2.75, 3.05) is 7.11 Å². The highest BCUT2D eigenvalue weighted by molar-refractivity contribution is 7.86. The Labute approximate surface area is 120 Å². The Morgan fingerprint density at radius 1 is 1.14 bits per heavy atom. The van der Waals surface area contributed by atoms with Crippen LogP contribution in [-0.4, -0.2) is 25.1 Å². The quantitative estimate of drug-likeness (QED) is 0.748. The van der Waals surface area contributed by atoms with Crippen LogP contribution in [0.25, 0.3) is 22.6 Å². The maximum atomic E-state index is 11.4. The van der Waals surface area contributed by atoms with Crippen LogP contribution >= 0.6 is 0 Å². The molecular formula is C14H11NO5S. The SMILES string of the molecule is COc1ccccc1-c1nc2c(S(=O)(=O)O)cccc2o1. The molecule has 0 aliphatic rings. The number of para-hydroxylation sites is 2. The molecule has 2 aromatic carbocycles. The number of benzene rings is 2. The molecule has 0 saturated heterocycles. The van der Waals surface area contributed by atoms with E-state index in [1.165, 1.54) is 19.2 Å². The number of oxazole rings is 1. The van der Waals surface area contributed by atoms with E-state index in [1.54, 1.807) is 30.3 Å². The minimum Gasteiger partial charge on any atom is -0.496 e. The molecule has 6 nitrogen and oxygen atoms in total. The van der Waals surface area contributed by atoms with Gasteiger partial charge >= 0.3 is 0 Å². The molecule has 0 saturated carbocycles. The van der Waals surface area contributed by atoms with Gasteiger partial charge in [-0.15, -0.1) is 0 Å². The van der Waals surface area contributed by atoms with Crippen molar-refractivity contribution in [3.63, 3.8) is 0 Å². The van der Waals surface area contributed by atoms with Crippen LogP contribution in [0.3, 0.4) is 0 Å². The second kappa shape index (κ2) is 4.87. The largest absolute Gasteiger partial charge is 0.496 e. The van der Waals surface area contributed by atoms with E-state index in [1.807, 2.05) is 0 Å². The minimum atomic E-state index is -4.37. The van der Waals surface area contributed by atoms with Crippen molar-refractivity contribution in [2.24, 2.45) is 0 Å². The summed E-state index contributed by atoms with van der Waals surface area (Å²) in [5.41, 5.74) is 0.949. The Bertz CT molecular complexity index is 914. The molecule has 0 atom stereocenters. The van der Waals surface area contributed by atoms with Crippen molar-refractivity contribution in [3.8, 4) is 17.2 Å². The van der Waals surface area contributed by atoms with Crippen LogP contribution in [0.1, 0.15) is 0 Å². The van der Waals surface area contributed by atoms with E-state index in [9.17, 15) is 13.0 Å². The molecule has 0 aliphatic carbocycles. The fourth-order valence-electron chi connectivity index (χ4n) is 2.07. The van der Waals surface area contributed by atoms with E-state index in [4.69, 9.17) is 9.15 Å². The molecule has 0 aliphatic heterocycles. The third kappa shape index (κ3) is 2.37. The smallest absolute Gasteiger partial charge is 0.296 e. The van der Waals surface area contributed by atoms with Crippen LogP contribution in [0, 0.1) is 0 Å². The predicted molar refractivity (Wildman–Crippen MR) is 75.8 cm³/mol. The summed E-state index contributed by atoms with van der Waals surface area (Å²) >= 11 is 0. The fourth-order valence-corrected chi connectivity index (χ4v) is 2.71. The lowest BCUT2D eigenvalue weighted by Crippen LogP contribution is -1.98. The lowest BCUT2D eigenvalue weighted by molar-refractivity contribution is 0.414. The molecular weight excluding hydrogens is 294 g/mol. The summed E-state index contributed by atoms with van der Waals surface area (Å²) in [5, 5.41) is 0. The average Bonchev–Trinajstić information content (AvgIpc) is 2.89. The zero-order valence-electron chi connectivity index (χ0n) is 11.0. The second-order valence-corrected chi connectivity index (χ2v) is 5.69. The third-order valence-corrected chi connectivity index (χ3v) is 3.88. The Kier molecular flexibility index (Phi) is 3.15. The molecule has 0 fully saturated rings. The van der Waals surface area contributed by atoms with E-state index < -0.39 is 10.1 Å². The third-order valence-electron chi connectivity index (χ3n) is 3.00. The van der Waals surface area contributed by atoms with Gasteiger partial charge in [0, 0.05) is 0 Å². The number of hydrogen-bond donors (Lipinski definition) is 1. The highest BCUT2D eigenvalue weighted by Gasteiger charge is 2.20. The van der Waals surface area contributed by atoms with Crippen molar-refractivity contribution in [1.29, 1.82) is 0 Å². The summed E-state index contributed by atoms with van der Waals surface area (Å²) in [6, 6.07) is 11.4. The van der Waals surface area contributed by atoms with Crippen LogP contribution in [0.2, 0.25) is 0 Å².